The van der Waals surface area contributed by atoms with Crippen molar-refractivity contribution in [1.82, 2.24) is 10.2 Å². The molecule has 0 bridgehead atoms. The zero-order valence-corrected chi connectivity index (χ0v) is 14.4. The number of rotatable bonds is 8. The van der Waals surface area contributed by atoms with E-state index in [0.29, 0.717) is 0 Å². The van der Waals surface area contributed by atoms with Gasteiger partial charge in [-0.05, 0) is 18.1 Å². The van der Waals surface area contributed by atoms with E-state index in [-0.39, 0.29) is 18.5 Å². The average Bonchev–Trinajstić information content (AvgIpc) is 2.60. The highest BCUT2D eigenvalue weighted by atomic mass is 16.3. The molecule has 0 saturated carbocycles. The summed E-state index contributed by atoms with van der Waals surface area (Å²) in [5.41, 5.74) is 2.40. The van der Waals surface area contributed by atoms with Crippen molar-refractivity contribution >= 4 is 5.91 Å². The number of aliphatic hydroxyl groups is 1. The van der Waals surface area contributed by atoms with E-state index >= 15 is 0 Å². The summed E-state index contributed by atoms with van der Waals surface area (Å²) in [4.78, 5) is 13.3. The molecule has 2 aromatic carbocycles. The molecule has 0 unspecified atom stereocenters. The van der Waals surface area contributed by atoms with Crippen LogP contribution in [0.5, 0.6) is 0 Å². The maximum absolute atomic E-state index is 11.1. The van der Waals surface area contributed by atoms with Crippen molar-refractivity contribution in [3.8, 4) is 0 Å². The summed E-state index contributed by atoms with van der Waals surface area (Å²) in [6.45, 7) is 5.21. The summed E-state index contributed by atoms with van der Waals surface area (Å²) in [5, 5.41) is 13.1. The summed E-state index contributed by atoms with van der Waals surface area (Å²) < 4.78 is 0. The van der Waals surface area contributed by atoms with Crippen LogP contribution in [0.1, 0.15) is 25.0 Å². The van der Waals surface area contributed by atoms with E-state index < -0.39 is 6.10 Å². The number of benzene rings is 2. The molecule has 128 valence electrons. The molecule has 24 heavy (non-hydrogen) atoms. The van der Waals surface area contributed by atoms with Crippen molar-refractivity contribution in [2.24, 2.45) is 0 Å². The minimum absolute atomic E-state index is 0.0859. The number of amides is 1. The van der Waals surface area contributed by atoms with E-state index in [9.17, 15) is 9.90 Å². The molecular formula is C20H26N2O2. The lowest BCUT2D eigenvalue weighted by molar-refractivity contribution is -0.119. The van der Waals surface area contributed by atoms with Gasteiger partial charge in [-0.15, -0.1) is 0 Å². The highest BCUT2D eigenvalue weighted by molar-refractivity contribution is 5.72. The third-order valence-corrected chi connectivity index (χ3v) is 4.15. The van der Waals surface area contributed by atoms with Gasteiger partial charge in [0.05, 0.1) is 6.10 Å². The first-order valence-electron chi connectivity index (χ1n) is 8.30. The molecule has 2 N–H and O–H groups in total. The van der Waals surface area contributed by atoms with E-state index in [1.807, 2.05) is 43.3 Å². The Morgan fingerprint density at radius 3 is 1.88 bits per heavy atom. The van der Waals surface area contributed by atoms with Crippen molar-refractivity contribution in [2.75, 3.05) is 6.54 Å². The SMILES string of the molecule is CC(=O)NC[C@@H](O)[C@H](C)N(Cc1ccccc1)Cc1ccccc1. The summed E-state index contributed by atoms with van der Waals surface area (Å²) >= 11 is 0. The summed E-state index contributed by atoms with van der Waals surface area (Å²) in [6, 6.07) is 20.4. The second-order valence-corrected chi connectivity index (χ2v) is 6.12. The van der Waals surface area contributed by atoms with E-state index in [0.717, 1.165) is 13.1 Å². The van der Waals surface area contributed by atoms with E-state index in [2.05, 4.69) is 34.5 Å². The Bertz CT molecular complexity index is 575. The van der Waals surface area contributed by atoms with Crippen molar-refractivity contribution in [3.05, 3.63) is 71.8 Å². The van der Waals surface area contributed by atoms with Crippen molar-refractivity contribution in [3.63, 3.8) is 0 Å². The number of hydrogen-bond acceptors (Lipinski definition) is 3. The normalized spacial score (nSPS) is 13.5. The van der Waals surface area contributed by atoms with Crippen LogP contribution in [0.25, 0.3) is 0 Å². The molecule has 0 aliphatic carbocycles. The van der Waals surface area contributed by atoms with Gasteiger partial charge >= 0.3 is 0 Å². The Morgan fingerprint density at radius 2 is 1.46 bits per heavy atom. The molecule has 0 spiro atoms. The third kappa shape index (κ3) is 5.80. The van der Waals surface area contributed by atoms with Crippen LogP contribution in [0.3, 0.4) is 0 Å². The van der Waals surface area contributed by atoms with Crippen LogP contribution in [0.2, 0.25) is 0 Å². The van der Waals surface area contributed by atoms with E-state index in [1.54, 1.807) is 0 Å². The number of carbonyl (C=O) groups excluding carboxylic acids is 1. The largest absolute Gasteiger partial charge is 0.390 e. The van der Waals surface area contributed by atoms with Gasteiger partial charge in [0.25, 0.3) is 0 Å². The molecule has 4 heteroatoms. The Balaban J connectivity index is 2.10. The Morgan fingerprint density at radius 1 is 1.00 bits per heavy atom. The first-order valence-corrected chi connectivity index (χ1v) is 8.30. The Kier molecular flexibility index (Phi) is 6.97. The third-order valence-electron chi connectivity index (χ3n) is 4.15. The minimum Gasteiger partial charge on any atom is -0.390 e. The molecule has 0 heterocycles. The highest BCUT2D eigenvalue weighted by Crippen LogP contribution is 2.15. The predicted octanol–water partition coefficient (Wildman–Crippen LogP) is 2.57. The minimum atomic E-state index is -0.624. The van der Waals surface area contributed by atoms with Crippen LogP contribution in [-0.4, -0.2) is 34.6 Å². The summed E-state index contributed by atoms with van der Waals surface area (Å²) in [6.07, 6.45) is -0.624. The van der Waals surface area contributed by atoms with Crippen LogP contribution >= 0.6 is 0 Å². The number of nitrogens with zero attached hydrogens (tertiary/aromatic N) is 1. The average molecular weight is 326 g/mol. The van der Waals surface area contributed by atoms with Crippen molar-refractivity contribution < 1.29 is 9.90 Å². The van der Waals surface area contributed by atoms with Crippen LogP contribution in [0.4, 0.5) is 0 Å². The fourth-order valence-electron chi connectivity index (χ4n) is 2.64. The molecule has 2 rings (SSSR count). The topological polar surface area (TPSA) is 52.6 Å². The van der Waals surface area contributed by atoms with Gasteiger partial charge in [-0.3, -0.25) is 9.69 Å². The highest BCUT2D eigenvalue weighted by Gasteiger charge is 2.22. The zero-order valence-electron chi connectivity index (χ0n) is 14.4. The molecule has 0 fully saturated rings. The maximum Gasteiger partial charge on any atom is 0.216 e. The molecule has 4 nitrogen and oxygen atoms in total. The van der Waals surface area contributed by atoms with Crippen LogP contribution in [0.15, 0.2) is 60.7 Å². The molecule has 1 amide bonds. The molecule has 0 saturated heterocycles. The predicted molar refractivity (Wildman–Crippen MR) is 96.3 cm³/mol. The first kappa shape index (κ1) is 18.2. The van der Waals surface area contributed by atoms with Gasteiger partial charge in [-0.2, -0.15) is 0 Å². The lowest BCUT2D eigenvalue weighted by Gasteiger charge is -2.32. The van der Waals surface area contributed by atoms with Crippen LogP contribution in [0, 0.1) is 0 Å². The Labute approximate surface area is 144 Å². The van der Waals surface area contributed by atoms with Gasteiger partial charge in [0.15, 0.2) is 0 Å². The van der Waals surface area contributed by atoms with Crippen molar-refractivity contribution in [1.29, 1.82) is 0 Å². The fraction of sp³-hybridized carbons (Fsp3) is 0.350. The summed E-state index contributed by atoms with van der Waals surface area (Å²) in [7, 11) is 0. The van der Waals surface area contributed by atoms with Gasteiger partial charge in [0.1, 0.15) is 0 Å². The molecule has 2 atom stereocenters. The van der Waals surface area contributed by atoms with E-state index in [4.69, 9.17) is 0 Å². The van der Waals surface area contributed by atoms with Gasteiger partial charge < -0.3 is 10.4 Å². The smallest absolute Gasteiger partial charge is 0.216 e. The molecule has 2 aromatic rings. The summed E-state index contributed by atoms with van der Waals surface area (Å²) in [5.74, 6) is -0.126. The number of hydrogen-bond donors (Lipinski definition) is 2. The van der Waals surface area contributed by atoms with E-state index in [1.165, 1.54) is 18.1 Å². The maximum atomic E-state index is 11.1. The molecule has 0 aliphatic heterocycles. The van der Waals surface area contributed by atoms with Gasteiger partial charge in [-0.1, -0.05) is 60.7 Å². The standard InChI is InChI=1S/C20H26N2O2/c1-16(20(24)13-21-17(2)23)22(14-18-9-5-3-6-10-18)15-19-11-7-4-8-12-19/h3-12,16,20,24H,13-15H2,1-2H3,(H,21,23)/t16-,20+/m0/s1. The second-order valence-electron chi connectivity index (χ2n) is 6.12. The monoisotopic (exact) mass is 326 g/mol. The molecule has 0 aromatic heterocycles. The molecular weight excluding hydrogens is 300 g/mol. The number of nitrogens with one attached hydrogen (secondary N) is 1. The fourth-order valence-corrected chi connectivity index (χ4v) is 2.64. The second kappa shape index (κ2) is 9.21. The number of aliphatic hydroxyl groups excluding tert-OH is 1. The van der Waals surface area contributed by atoms with Gasteiger partial charge in [0, 0.05) is 32.6 Å². The number of carbonyl (C=O) groups is 1. The lowest BCUT2D eigenvalue weighted by atomic mass is 10.1. The van der Waals surface area contributed by atoms with Gasteiger partial charge in [0.2, 0.25) is 5.91 Å². The lowest BCUT2D eigenvalue weighted by Crippen LogP contribution is -2.46. The quantitative estimate of drug-likeness (QED) is 0.784. The Hall–Kier alpha value is -2.17. The zero-order chi connectivity index (χ0) is 17.4. The van der Waals surface area contributed by atoms with Crippen LogP contribution < -0.4 is 5.32 Å². The molecule has 0 radical (unpaired) electrons. The first-order chi connectivity index (χ1) is 11.6. The van der Waals surface area contributed by atoms with Gasteiger partial charge in [-0.25, -0.2) is 0 Å². The van der Waals surface area contributed by atoms with Crippen LogP contribution in [-0.2, 0) is 17.9 Å². The molecule has 0 aliphatic rings. The van der Waals surface area contributed by atoms with Crippen molar-refractivity contribution in [2.45, 2.75) is 39.1 Å².